The Balaban J connectivity index is 1.79. The summed E-state index contributed by atoms with van der Waals surface area (Å²) in [5, 5.41) is 8.80. The summed E-state index contributed by atoms with van der Waals surface area (Å²) < 4.78 is 0. The van der Waals surface area contributed by atoms with Gasteiger partial charge in [0.2, 0.25) is 0 Å². The largest absolute Gasteiger partial charge is 0.303 e. The summed E-state index contributed by atoms with van der Waals surface area (Å²) in [6.07, 6.45) is 10.3. The van der Waals surface area contributed by atoms with Crippen molar-refractivity contribution in [1.29, 1.82) is 5.26 Å². The quantitative estimate of drug-likeness (QED) is 0.710. The maximum atomic E-state index is 8.80. The van der Waals surface area contributed by atoms with Gasteiger partial charge in [-0.2, -0.15) is 5.26 Å². The summed E-state index contributed by atoms with van der Waals surface area (Å²) in [6.45, 7) is 3.74. The summed E-state index contributed by atoms with van der Waals surface area (Å²) in [4.78, 5) is 2.61. The third-order valence-corrected chi connectivity index (χ3v) is 3.92. The molecule has 0 atom stereocenters. The summed E-state index contributed by atoms with van der Waals surface area (Å²) in [5.41, 5.74) is 0.411. The number of nitrogens with zero attached hydrogens (tertiary/aromatic N) is 2. The first-order valence-electron chi connectivity index (χ1n) is 6.44. The van der Waals surface area contributed by atoms with Gasteiger partial charge in [-0.1, -0.05) is 19.3 Å². The first-order valence-corrected chi connectivity index (χ1v) is 6.44. The van der Waals surface area contributed by atoms with Crippen LogP contribution in [0.1, 0.15) is 51.4 Å². The summed E-state index contributed by atoms with van der Waals surface area (Å²) >= 11 is 0. The molecule has 1 aliphatic heterocycles. The fourth-order valence-electron chi connectivity index (χ4n) is 2.68. The van der Waals surface area contributed by atoms with Crippen molar-refractivity contribution in [3.05, 3.63) is 0 Å². The third-order valence-electron chi connectivity index (χ3n) is 3.92. The molecule has 0 unspecified atom stereocenters. The standard InChI is InChI=1S/C13H22N2/c14-9-8-13(6-7-13)12-15-10-4-2-1-3-5-11-15/h1-8,10-12H2. The number of likely N-dealkylation sites (tertiary alicyclic amines) is 1. The van der Waals surface area contributed by atoms with Crippen LogP contribution in [0.15, 0.2) is 0 Å². The van der Waals surface area contributed by atoms with Crippen molar-refractivity contribution in [2.24, 2.45) is 5.41 Å². The smallest absolute Gasteiger partial charge is 0.0628 e. The van der Waals surface area contributed by atoms with E-state index in [4.69, 9.17) is 5.26 Å². The molecule has 0 aromatic heterocycles. The lowest BCUT2D eigenvalue weighted by molar-refractivity contribution is 0.203. The van der Waals surface area contributed by atoms with E-state index in [2.05, 4.69) is 11.0 Å². The molecular formula is C13H22N2. The second-order valence-corrected chi connectivity index (χ2v) is 5.38. The molecule has 1 saturated carbocycles. The van der Waals surface area contributed by atoms with E-state index in [9.17, 15) is 0 Å². The van der Waals surface area contributed by atoms with Gasteiger partial charge in [0.15, 0.2) is 0 Å². The molecule has 84 valence electrons. The maximum Gasteiger partial charge on any atom is 0.0628 e. The van der Waals surface area contributed by atoms with Crippen LogP contribution in [-0.4, -0.2) is 24.5 Å². The molecule has 2 aliphatic rings. The number of hydrogen-bond donors (Lipinski definition) is 0. The maximum absolute atomic E-state index is 8.80. The van der Waals surface area contributed by atoms with E-state index < -0.39 is 0 Å². The molecule has 2 heteroatoms. The van der Waals surface area contributed by atoms with Crippen LogP contribution in [0.5, 0.6) is 0 Å². The van der Waals surface area contributed by atoms with E-state index in [-0.39, 0.29) is 0 Å². The predicted octanol–water partition coefficient (Wildman–Crippen LogP) is 2.95. The molecule has 0 N–H and O–H groups in total. The fourth-order valence-corrected chi connectivity index (χ4v) is 2.68. The molecule has 2 fully saturated rings. The lowest BCUT2D eigenvalue weighted by atomic mass is 10.0. The molecule has 1 saturated heterocycles. The summed E-state index contributed by atoms with van der Waals surface area (Å²) in [6, 6.07) is 2.36. The van der Waals surface area contributed by atoms with Gasteiger partial charge in [0, 0.05) is 13.0 Å². The van der Waals surface area contributed by atoms with E-state index in [0.717, 1.165) is 6.42 Å². The van der Waals surface area contributed by atoms with Gasteiger partial charge in [0.1, 0.15) is 0 Å². The van der Waals surface area contributed by atoms with Gasteiger partial charge in [-0.05, 0) is 44.2 Å². The van der Waals surface area contributed by atoms with Crippen molar-refractivity contribution in [3.8, 4) is 6.07 Å². The minimum Gasteiger partial charge on any atom is -0.303 e. The zero-order valence-corrected chi connectivity index (χ0v) is 9.67. The Morgan fingerprint density at radius 3 is 2.13 bits per heavy atom. The van der Waals surface area contributed by atoms with E-state index in [1.807, 2.05) is 0 Å². The van der Waals surface area contributed by atoms with Crippen molar-refractivity contribution in [2.75, 3.05) is 19.6 Å². The van der Waals surface area contributed by atoms with E-state index in [1.165, 1.54) is 64.6 Å². The number of hydrogen-bond acceptors (Lipinski definition) is 2. The van der Waals surface area contributed by atoms with Gasteiger partial charge in [-0.15, -0.1) is 0 Å². The Hall–Kier alpha value is -0.550. The van der Waals surface area contributed by atoms with Gasteiger partial charge >= 0.3 is 0 Å². The molecule has 0 aromatic rings. The second-order valence-electron chi connectivity index (χ2n) is 5.38. The van der Waals surface area contributed by atoms with Crippen molar-refractivity contribution in [2.45, 2.75) is 51.4 Å². The molecule has 0 spiro atoms. The topological polar surface area (TPSA) is 27.0 Å². The number of nitriles is 1. The van der Waals surface area contributed by atoms with Crippen molar-refractivity contribution in [1.82, 2.24) is 4.90 Å². The highest BCUT2D eigenvalue weighted by atomic mass is 15.1. The minimum atomic E-state index is 0.411. The zero-order valence-electron chi connectivity index (χ0n) is 9.67. The minimum absolute atomic E-state index is 0.411. The molecule has 0 radical (unpaired) electrons. The van der Waals surface area contributed by atoms with Gasteiger partial charge in [0.25, 0.3) is 0 Å². The fraction of sp³-hybridized carbons (Fsp3) is 0.923. The highest BCUT2D eigenvalue weighted by Gasteiger charge is 2.43. The Kier molecular flexibility index (Phi) is 3.64. The van der Waals surface area contributed by atoms with Crippen LogP contribution < -0.4 is 0 Å². The molecule has 0 bridgehead atoms. The van der Waals surface area contributed by atoms with E-state index in [1.54, 1.807) is 0 Å². The lowest BCUT2D eigenvalue weighted by Crippen LogP contribution is -2.33. The molecule has 2 rings (SSSR count). The molecule has 15 heavy (non-hydrogen) atoms. The van der Waals surface area contributed by atoms with Crippen LogP contribution in [0, 0.1) is 16.7 Å². The lowest BCUT2D eigenvalue weighted by Gasteiger charge is -2.27. The number of rotatable bonds is 3. The Labute approximate surface area is 93.3 Å². The second kappa shape index (κ2) is 4.99. The van der Waals surface area contributed by atoms with Crippen LogP contribution in [-0.2, 0) is 0 Å². The van der Waals surface area contributed by atoms with Gasteiger partial charge in [0.05, 0.1) is 6.07 Å². The highest BCUT2D eigenvalue weighted by molar-refractivity contribution is 5.01. The first-order chi connectivity index (χ1) is 7.35. The van der Waals surface area contributed by atoms with Crippen molar-refractivity contribution in [3.63, 3.8) is 0 Å². The molecular weight excluding hydrogens is 184 g/mol. The van der Waals surface area contributed by atoms with Crippen molar-refractivity contribution >= 4 is 0 Å². The average Bonchev–Trinajstić information content (AvgIpc) is 2.91. The van der Waals surface area contributed by atoms with Gasteiger partial charge < -0.3 is 4.90 Å². The van der Waals surface area contributed by atoms with Crippen molar-refractivity contribution < 1.29 is 0 Å². The molecule has 2 nitrogen and oxygen atoms in total. The summed E-state index contributed by atoms with van der Waals surface area (Å²) in [5.74, 6) is 0. The first kappa shape index (κ1) is 11.0. The van der Waals surface area contributed by atoms with Crippen LogP contribution >= 0.6 is 0 Å². The van der Waals surface area contributed by atoms with E-state index in [0.29, 0.717) is 5.41 Å². The van der Waals surface area contributed by atoms with Gasteiger partial charge in [-0.25, -0.2) is 0 Å². The van der Waals surface area contributed by atoms with Crippen LogP contribution in [0.3, 0.4) is 0 Å². The predicted molar refractivity (Wildman–Crippen MR) is 61.4 cm³/mol. The van der Waals surface area contributed by atoms with Crippen LogP contribution in [0.2, 0.25) is 0 Å². The SMILES string of the molecule is N#CCC1(CN2CCCCCCC2)CC1. The molecule has 1 aliphatic carbocycles. The Morgan fingerprint density at radius 2 is 1.60 bits per heavy atom. The monoisotopic (exact) mass is 206 g/mol. The Morgan fingerprint density at radius 1 is 1.00 bits per heavy atom. The average molecular weight is 206 g/mol. The van der Waals surface area contributed by atoms with Crippen LogP contribution in [0.4, 0.5) is 0 Å². The Bertz CT molecular complexity index is 229. The normalized spacial score (nSPS) is 26.3. The summed E-state index contributed by atoms with van der Waals surface area (Å²) in [7, 11) is 0. The zero-order chi connectivity index (χ0) is 10.6. The highest BCUT2D eigenvalue weighted by Crippen LogP contribution is 2.49. The van der Waals surface area contributed by atoms with Gasteiger partial charge in [-0.3, -0.25) is 0 Å². The molecule has 1 heterocycles. The molecule has 0 aromatic carbocycles. The third kappa shape index (κ3) is 3.21. The van der Waals surface area contributed by atoms with Crippen LogP contribution in [0.25, 0.3) is 0 Å². The van der Waals surface area contributed by atoms with E-state index >= 15 is 0 Å². The molecule has 0 amide bonds.